The van der Waals surface area contributed by atoms with Crippen molar-refractivity contribution in [2.24, 2.45) is 17.3 Å². The summed E-state index contributed by atoms with van der Waals surface area (Å²) in [5.41, 5.74) is 3.25. The number of aryl methyl sites for hydroxylation is 1. The van der Waals surface area contributed by atoms with Crippen LogP contribution in [-0.4, -0.2) is 14.2 Å². The van der Waals surface area contributed by atoms with Gasteiger partial charge in [0.1, 0.15) is 5.75 Å². The minimum atomic E-state index is -3.52. The van der Waals surface area contributed by atoms with Gasteiger partial charge in [-0.2, -0.15) is 8.42 Å². The van der Waals surface area contributed by atoms with E-state index in [2.05, 4.69) is 26.8 Å². The van der Waals surface area contributed by atoms with Gasteiger partial charge in [0.25, 0.3) is 0 Å². The van der Waals surface area contributed by atoms with Crippen LogP contribution in [0.5, 0.6) is 5.75 Å². The first-order valence-corrected chi connectivity index (χ1v) is 11.2. The van der Waals surface area contributed by atoms with Crippen LogP contribution in [0.1, 0.15) is 71.4 Å². The molecule has 2 atom stereocenters. The van der Waals surface area contributed by atoms with Crippen molar-refractivity contribution in [1.82, 2.24) is 0 Å². The molecule has 1 unspecified atom stereocenters. The molecule has 140 valence electrons. The first-order valence-electron chi connectivity index (χ1n) is 9.59. The Balaban J connectivity index is 1.90. The fourth-order valence-electron chi connectivity index (χ4n) is 5.43. The second kappa shape index (κ2) is 6.29. The molecule has 1 saturated carbocycles. The summed E-state index contributed by atoms with van der Waals surface area (Å²) in [5, 5.41) is 0. The average Bonchev–Trinajstić information content (AvgIpc) is 2.44. The normalized spacial score (nSPS) is 28.3. The lowest BCUT2D eigenvalue weighted by atomic mass is 9.50. The number of hydrogen-bond donors (Lipinski definition) is 0. The molecule has 0 heterocycles. The fourth-order valence-corrected chi connectivity index (χ4v) is 6.71. The SMILES string of the molecule is CC(C)CS(=O)(=O)Oc1ccc2c(c1)CCC1C(C)(C)CCC[C@]21C. The number of hydrogen-bond acceptors (Lipinski definition) is 3. The van der Waals surface area contributed by atoms with Gasteiger partial charge in [0.15, 0.2) is 0 Å². The van der Waals surface area contributed by atoms with Gasteiger partial charge < -0.3 is 4.18 Å². The van der Waals surface area contributed by atoms with Crippen LogP contribution in [0.25, 0.3) is 0 Å². The number of benzene rings is 1. The Bertz CT molecular complexity index is 748. The molecular weight excluding hydrogens is 332 g/mol. The topological polar surface area (TPSA) is 43.4 Å². The molecule has 2 aliphatic carbocycles. The fraction of sp³-hybridized carbons (Fsp3) is 0.714. The van der Waals surface area contributed by atoms with E-state index in [9.17, 15) is 8.42 Å². The smallest absolute Gasteiger partial charge is 0.309 e. The van der Waals surface area contributed by atoms with E-state index in [1.54, 1.807) is 0 Å². The van der Waals surface area contributed by atoms with Crippen molar-refractivity contribution in [2.45, 2.75) is 72.1 Å². The van der Waals surface area contributed by atoms with Gasteiger partial charge >= 0.3 is 10.1 Å². The van der Waals surface area contributed by atoms with E-state index in [1.807, 2.05) is 26.0 Å². The molecule has 1 aromatic rings. The minimum Gasteiger partial charge on any atom is -0.382 e. The quantitative estimate of drug-likeness (QED) is 0.700. The van der Waals surface area contributed by atoms with Crippen molar-refractivity contribution in [2.75, 3.05) is 5.75 Å². The summed E-state index contributed by atoms with van der Waals surface area (Å²) in [6, 6.07) is 5.95. The molecule has 0 aromatic heterocycles. The zero-order valence-corrected chi connectivity index (χ0v) is 17.1. The van der Waals surface area contributed by atoms with Crippen LogP contribution < -0.4 is 4.18 Å². The minimum absolute atomic E-state index is 0.0536. The van der Waals surface area contributed by atoms with E-state index in [-0.39, 0.29) is 17.1 Å². The molecular formula is C21H32O3S. The summed E-state index contributed by atoms with van der Waals surface area (Å²) >= 11 is 0. The van der Waals surface area contributed by atoms with Gasteiger partial charge in [-0.3, -0.25) is 0 Å². The highest BCUT2D eigenvalue weighted by Crippen LogP contribution is 2.57. The molecule has 0 aliphatic heterocycles. The van der Waals surface area contributed by atoms with Crippen LogP contribution in [0, 0.1) is 17.3 Å². The van der Waals surface area contributed by atoms with Crippen LogP contribution in [0.4, 0.5) is 0 Å². The molecule has 4 heteroatoms. The summed E-state index contributed by atoms with van der Waals surface area (Å²) in [4.78, 5) is 0. The lowest BCUT2D eigenvalue weighted by molar-refractivity contribution is 0.0407. The highest BCUT2D eigenvalue weighted by molar-refractivity contribution is 7.87. The van der Waals surface area contributed by atoms with Gasteiger partial charge in [0, 0.05) is 0 Å². The summed E-state index contributed by atoms with van der Waals surface area (Å²) in [6.07, 6.45) is 5.98. The Morgan fingerprint density at radius 2 is 1.92 bits per heavy atom. The van der Waals surface area contributed by atoms with Crippen molar-refractivity contribution < 1.29 is 12.6 Å². The van der Waals surface area contributed by atoms with E-state index >= 15 is 0 Å². The Morgan fingerprint density at radius 3 is 2.60 bits per heavy atom. The zero-order valence-electron chi connectivity index (χ0n) is 16.3. The maximum Gasteiger partial charge on any atom is 0.309 e. The summed E-state index contributed by atoms with van der Waals surface area (Å²) in [5.74, 6) is 1.28. The number of fused-ring (bicyclic) bond motifs is 3. The maximum atomic E-state index is 12.1. The van der Waals surface area contributed by atoms with E-state index < -0.39 is 10.1 Å². The molecule has 1 aromatic carbocycles. The van der Waals surface area contributed by atoms with E-state index in [0.717, 1.165) is 6.42 Å². The van der Waals surface area contributed by atoms with Gasteiger partial charge in [-0.15, -0.1) is 0 Å². The third kappa shape index (κ3) is 3.60. The first-order chi connectivity index (χ1) is 11.5. The Labute approximate surface area is 153 Å². The molecule has 0 radical (unpaired) electrons. The second-order valence-electron chi connectivity index (χ2n) is 9.37. The van der Waals surface area contributed by atoms with Crippen molar-refractivity contribution >= 4 is 10.1 Å². The predicted molar refractivity (Wildman–Crippen MR) is 102 cm³/mol. The van der Waals surface area contributed by atoms with Crippen LogP contribution in [0.3, 0.4) is 0 Å². The third-order valence-electron chi connectivity index (χ3n) is 6.38. The Morgan fingerprint density at radius 1 is 1.20 bits per heavy atom. The van der Waals surface area contributed by atoms with Crippen molar-refractivity contribution in [3.63, 3.8) is 0 Å². The molecule has 1 fully saturated rings. The average molecular weight is 365 g/mol. The molecule has 0 saturated heterocycles. The second-order valence-corrected chi connectivity index (χ2v) is 11.0. The highest BCUT2D eigenvalue weighted by Gasteiger charge is 2.49. The molecule has 0 bridgehead atoms. The largest absolute Gasteiger partial charge is 0.382 e. The van der Waals surface area contributed by atoms with Gasteiger partial charge in [0.05, 0.1) is 5.75 Å². The lowest BCUT2D eigenvalue weighted by Crippen LogP contribution is -2.47. The Kier molecular flexibility index (Phi) is 4.72. The number of rotatable bonds is 4. The zero-order chi connectivity index (χ0) is 18.5. The predicted octanol–water partition coefficient (Wildman–Crippen LogP) is 5.08. The van der Waals surface area contributed by atoms with Crippen LogP contribution >= 0.6 is 0 Å². The summed E-state index contributed by atoms with van der Waals surface area (Å²) < 4.78 is 29.6. The van der Waals surface area contributed by atoms with Crippen molar-refractivity contribution in [1.29, 1.82) is 0 Å². The van der Waals surface area contributed by atoms with Gasteiger partial charge in [-0.05, 0) is 71.6 Å². The molecule has 3 nitrogen and oxygen atoms in total. The molecule has 0 amide bonds. The monoisotopic (exact) mass is 364 g/mol. The van der Waals surface area contributed by atoms with Crippen LogP contribution in [-0.2, 0) is 22.0 Å². The van der Waals surface area contributed by atoms with Crippen molar-refractivity contribution in [3.05, 3.63) is 29.3 Å². The summed E-state index contributed by atoms with van der Waals surface area (Å²) in [6.45, 7) is 11.0. The van der Waals surface area contributed by atoms with Crippen LogP contribution in [0.2, 0.25) is 0 Å². The summed E-state index contributed by atoms with van der Waals surface area (Å²) in [7, 11) is -3.52. The standard InChI is InChI=1S/C21H32O3S/c1-15(2)14-25(22,23)24-17-8-9-18-16(13-17)7-10-19-20(3,4)11-6-12-21(18,19)5/h8-9,13,15,19H,6-7,10-12,14H2,1-5H3/t19?,21-/m1/s1. The van der Waals surface area contributed by atoms with Crippen LogP contribution in [0.15, 0.2) is 18.2 Å². The maximum absolute atomic E-state index is 12.1. The molecule has 25 heavy (non-hydrogen) atoms. The lowest BCUT2D eigenvalue weighted by Gasteiger charge is -2.54. The molecule has 2 aliphatic rings. The first kappa shape index (κ1) is 18.8. The Hall–Kier alpha value is -1.03. The molecule has 3 rings (SSSR count). The van der Waals surface area contributed by atoms with Crippen molar-refractivity contribution in [3.8, 4) is 5.75 Å². The van der Waals surface area contributed by atoms with E-state index in [0.29, 0.717) is 17.1 Å². The van der Waals surface area contributed by atoms with E-state index in [4.69, 9.17) is 4.18 Å². The molecule has 0 spiro atoms. The van der Waals surface area contributed by atoms with E-state index in [1.165, 1.54) is 36.8 Å². The van der Waals surface area contributed by atoms with Gasteiger partial charge in [-0.1, -0.05) is 47.1 Å². The molecule has 0 N–H and O–H groups in total. The third-order valence-corrected chi connectivity index (χ3v) is 7.91. The van der Waals surface area contributed by atoms with Gasteiger partial charge in [0.2, 0.25) is 0 Å². The highest BCUT2D eigenvalue weighted by atomic mass is 32.2. The van der Waals surface area contributed by atoms with Gasteiger partial charge in [-0.25, -0.2) is 0 Å².